The minimum absolute atomic E-state index is 0.0274. The highest BCUT2D eigenvalue weighted by atomic mass is 35.5. The van der Waals surface area contributed by atoms with Gasteiger partial charge in [-0.1, -0.05) is 11.6 Å². The van der Waals surface area contributed by atoms with Crippen LogP contribution in [0.15, 0.2) is 12.1 Å². The number of rotatable bonds is 3. The largest absolute Gasteiger partial charge is 0.387 e. The quantitative estimate of drug-likeness (QED) is 0.817. The van der Waals surface area contributed by atoms with Gasteiger partial charge in [0, 0.05) is 11.6 Å². The molecule has 5 heteroatoms. The molecule has 1 unspecified atom stereocenters. The van der Waals surface area contributed by atoms with Gasteiger partial charge in [0.15, 0.2) is 0 Å². The Morgan fingerprint density at radius 1 is 1.43 bits per heavy atom. The second kappa shape index (κ2) is 4.68. The van der Waals surface area contributed by atoms with E-state index in [9.17, 15) is 13.9 Å². The van der Waals surface area contributed by atoms with Crippen molar-refractivity contribution < 1.29 is 13.9 Å². The molecule has 0 aromatic heterocycles. The van der Waals surface area contributed by atoms with Gasteiger partial charge in [0.2, 0.25) is 0 Å². The van der Waals surface area contributed by atoms with E-state index in [1.54, 1.807) is 7.05 Å². The molecular formula is C9H10ClF2NO. The van der Waals surface area contributed by atoms with Gasteiger partial charge in [-0.3, -0.25) is 0 Å². The molecule has 0 saturated carbocycles. The molecule has 1 aromatic carbocycles. The Balaban J connectivity index is 3.07. The van der Waals surface area contributed by atoms with Crippen LogP contribution in [-0.2, 0) is 0 Å². The Kier molecular flexibility index (Phi) is 3.80. The third-order valence-electron chi connectivity index (χ3n) is 1.77. The third kappa shape index (κ3) is 2.41. The molecule has 0 radical (unpaired) electrons. The van der Waals surface area contributed by atoms with Crippen molar-refractivity contribution in [3.8, 4) is 0 Å². The second-order valence-corrected chi connectivity index (χ2v) is 3.29. The summed E-state index contributed by atoms with van der Waals surface area (Å²) in [6.45, 7) is 0.0788. The van der Waals surface area contributed by atoms with E-state index < -0.39 is 17.7 Å². The molecule has 0 aliphatic heterocycles. The Morgan fingerprint density at radius 2 is 1.93 bits per heavy atom. The first-order valence-electron chi connectivity index (χ1n) is 4.03. The lowest BCUT2D eigenvalue weighted by atomic mass is 10.1. The van der Waals surface area contributed by atoms with Crippen molar-refractivity contribution in [3.05, 3.63) is 34.4 Å². The number of hydrogen-bond donors (Lipinski definition) is 2. The fourth-order valence-corrected chi connectivity index (χ4v) is 1.36. The van der Waals surface area contributed by atoms with Crippen LogP contribution in [0, 0.1) is 11.6 Å². The van der Waals surface area contributed by atoms with Crippen LogP contribution in [0.25, 0.3) is 0 Å². The van der Waals surface area contributed by atoms with Crippen molar-refractivity contribution in [2.75, 3.05) is 13.6 Å². The molecule has 2 N–H and O–H groups in total. The standard InChI is InChI=1S/C9H10ClF2NO/c1-13-4-8(14)9-6(11)2-5(10)3-7(9)12/h2-3,8,13-14H,4H2,1H3. The minimum Gasteiger partial charge on any atom is -0.387 e. The minimum atomic E-state index is -1.21. The van der Waals surface area contributed by atoms with Crippen molar-refractivity contribution in [2.24, 2.45) is 0 Å². The summed E-state index contributed by atoms with van der Waals surface area (Å²) < 4.78 is 26.3. The first-order chi connectivity index (χ1) is 6.56. The summed E-state index contributed by atoms with van der Waals surface area (Å²) in [6, 6.07) is 1.94. The van der Waals surface area contributed by atoms with Crippen LogP contribution in [0.2, 0.25) is 5.02 Å². The van der Waals surface area contributed by atoms with E-state index >= 15 is 0 Å². The molecule has 0 aliphatic rings. The van der Waals surface area contributed by atoms with E-state index in [2.05, 4.69) is 5.32 Å². The second-order valence-electron chi connectivity index (χ2n) is 2.86. The van der Waals surface area contributed by atoms with E-state index in [0.29, 0.717) is 0 Å². The monoisotopic (exact) mass is 221 g/mol. The lowest BCUT2D eigenvalue weighted by Gasteiger charge is -2.12. The summed E-state index contributed by atoms with van der Waals surface area (Å²) in [5.74, 6) is -1.67. The molecule has 0 bridgehead atoms. The highest BCUT2D eigenvalue weighted by Gasteiger charge is 2.17. The molecule has 1 aromatic rings. The average Bonchev–Trinajstić information content (AvgIpc) is 2.01. The van der Waals surface area contributed by atoms with Crippen LogP contribution in [0.3, 0.4) is 0 Å². The molecule has 1 rings (SSSR count). The zero-order valence-corrected chi connectivity index (χ0v) is 8.28. The molecule has 78 valence electrons. The number of benzene rings is 1. The molecule has 14 heavy (non-hydrogen) atoms. The molecule has 0 aliphatic carbocycles. The number of nitrogens with one attached hydrogen (secondary N) is 1. The Labute approximate surface area is 85.5 Å². The van der Waals surface area contributed by atoms with E-state index in [-0.39, 0.29) is 17.1 Å². The summed E-state index contributed by atoms with van der Waals surface area (Å²) in [7, 11) is 1.58. The van der Waals surface area contributed by atoms with E-state index in [1.807, 2.05) is 0 Å². The molecule has 0 fully saturated rings. The molecular weight excluding hydrogens is 212 g/mol. The normalized spacial score (nSPS) is 12.9. The Bertz CT molecular complexity index is 310. The Morgan fingerprint density at radius 3 is 2.36 bits per heavy atom. The first kappa shape index (κ1) is 11.4. The summed E-state index contributed by atoms with van der Waals surface area (Å²) in [5.41, 5.74) is -0.358. The summed E-state index contributed by atoms with van der Waals surface area (Å²) in [4.78, 5) is 0. The maximum Gasteiger partial charge on any atom is 0.133 e. The SMILES string of the molecule is CNCC(O)c1c(F)cc(Cl)cc1F. The summed E-state index contributed by atoms with van der Waals surface area (Å²) >= 11 is 5.43. The molecule has 0 amide bonds. The first-order valence-corrected chi connectivity index (χ1v) is 4.41. The summed E-state index contributed by atoms with van der Waals surface area (Å²) in [6.07, 6.45) is -1.21. The van der Waals surface area contributed by atoms with Gasteiger partial charge in [-0.05, 0) is 19.2 Å². The van der Waals surface area contributed by atoms with Gasteiger partial charge in [-0.2, -0.15) is 0 Å². The topological polar surface area (TPSA) is 32.3 Å². The fraction of sp³-hybridized carbons (Fsp3) is 0.333. The number of likely N-dealkylation sites (N-methyl/N-ethyl adjacent to an activating group) is 1. The summed E-state index contributed by atoms with van der Waals surface area (Å²) in [5, 5.41) is 12.0. The maximum atomic E-state index is 13.2. The van der Waals surface area contributed by atoms with E-state index in [4.69, 9.17) is 11.6 Å². The lowest BCUT2D eigenvalue weighted by Crippen LogP contribution is -2.18. The Hall–Kier alpha value is -0.710. The molecule has 0 heterocycles. The number of aliphatic hydroxyl groups excluding tert-OH is 1. The van der Waals surface area contributed by atoms with Gasteiger partial charge in [-0.25, -0.2) is 8.78 Å². The van der Waals surface area contributed by atoms with E-state index in [0.717, 1.165) is 12.1 Å². The van der Waals surface area contributed by atoms with Crippen molar-refractivity contribution in [1.82, 2.24) is 5.32 Å². The van der Waals surface area contributed by atoms with Gasteiger partial charge in [0.05, 0.1) is 11.7 Å². The van der Waals surface area contributed by atoms with Crippen LogP contribution in [-0.4, -0.2) is 18.7 Å². The predicted octanol–water partition coefficient (Wildman–Crippen LogP) is 1.87. The number of hydrogen-bond acceptors (Lipinski definition) is 2. The van der Waals surface area contributed by atoms with E-state index in [1.165, 1.54) is 0 Å². The molecule has 0 spiro atoms. The van der Waals surface area contributed by atoms with Gasteiger partial charge in [0.1, 0.15) is 11.6 Å². The molecule has 1 atom stereocenters. The van der Waals surface area contributed by atoms with Crippen LogP contribution in [0.1, 0.15) is 11.7 Å². The number of halogens is 3. The van der Waals surface area contributed by atoms with Gasteiger partial charge >= 0.3 is 0 Å². The average molecular weight is 222 g/mol. The highest BCUT2D eigenvalue weighted by Crippen LogP contribution is 2.24. The van der Waals surface area contributed by atoms with Crippen molar-refractivity contribution >= 4 is 11.6 Å². The number of aliphatic hydroxyl groups is 1. The third-order valence-corrected chi connectivity index (χ3v) is 1.99. The smallest absolute Gasteiger partial charge is 0.133 e. The fourth-order valence-electron chi connectivity index (χ4n) is 1.17. The predicted molar refractivity (Wildman–Crippen MR) is 50.3 cm³/mol. The van der Waals surface area contributed by atoms with Crippen molar-refractivity contribution in [3.63, 3.8) is 0 Å². The molecule has 0 saturated heterocycles. The highest BCUT2D eigenvalue weighted by molar-refractivity contribution is 6.30. The van der Waals surface area contributed by atoms with Crippen molar-refractivity contribution in [2.45, 2.75) is 6.10 Å². The zero-order chi connectivity index (χ0) is 10.7. The molecule has 2 nitrogen and oxygen atoms in total. The van der Waals surface area contributed by atoms with Crippen molar-refractivity contribution in [1.29, 1.82) is 0 Å². The van der Waals surface area contributed by atoms with Crippen LogP contribution in [0.4, 0.5) is 8.78 Å². The van der Waals surface area contributed by atoms with Crippen LogP contribution >= 0.6 is 11.6 Å². The van der Waals surface area contributed by atoms with Crippen LogP contribution < -0.4 is 5.32 Å². The maximum absolute atomic E-state index is 13.2. The van der Waals surface area contributed by atoms with Gasteiger partial charge < -0.3 is 10.4 Å². The van der Waals surface area contributed by atoms with Gasteiger partial charge in [-0.15, -0.1) is 0 Å². The lowest BCUT2D eigenvalue weighted by molar-refractivity contribution is 0.168. The zero-order valence-electron chi connectivity index (χ0n) is 7.52. The van der Waals surface area contributed by atoms with Crippen LogP contribution in [0.5, 0.6) is 0 Å². The van der Waals surface area contributed by atoms with Gasteiger partial charge in [0.25, 0.3) is 0 Å².